The van der Waals surface area contributed by atoms with Gasteiger partial charge in [0.15, 0.2) is 0 Å². The number of hydrogen-bond donors (Lipinski definition) is 2. The van der Waals surface area contributed by atoms with Crippen molar-refractivity contribution in [1.29, 1.82) is 0 Å². The number of benzene rings is 1. The number of nitrogens with one attached hydrogen (secondary N) is 1. The van der Waals surface area contributed by atoms with Crippen LogP contribution in [0.3, 0.4) is 0 Å². The molecule has 2 N–H and O–H groups in total. The first-order valence-corrected chi connectivity index (χ1v) is 7.73. The molecule has 4 atom stereocenters. The van der Waals surface area contributed by atoms with Crippen LogP contribution in [0.1, 0.15) is 37.2 Å². The zero-order valence-corrected chi connectivity index (χ0v) is 11.8. The molecule has 0 spiro atoms. The summed E-state index contributed by atoms with van der Waals surface area (Å²) in [5, 5.41) is 12.4. The maximum atomic E-state index is 12.2. The first-order chi connectivity index (χ1) is 9.79. The Kier molecular flexibility index (Phi) is 4.06. The van der Waals surface area contributed by atoms with Gasteiger partial charge in [0.05, 0.1) is 0 Å². The summed E-state index contributed by atoms with van der Waals surface area (Å²) in [6.07, 6.45) is 4.40. The van der Waals surface area contributed by atoms with E-state index in [1.807, 2.05) is 18.2 Å². The van der Waals surface area contributed by atoms with Gasteiger partial charge in [-0.1, -0.05) is 36.8 Å². The van der Waals surface area contributed by atoms with Crippen molar-refractivity contribution in [2.75, 3.05) is 13.2 Å². The third-order valence-corrected chi connectivity index (χ3v) is 4.94. The largest absolute Gasteiger partial charge is 0.396 e. The standard InChI is InChI=1S/C17H23NO2/c19-11-14-8-4-7-13(14)10-18-17(20)16-9-15(16)12-5-2-1-3-6-12/h1-3,5-6,13-16,19H,4,7-11H2,(H,18,20). The normalized spacial score (nSPS) is 32.0. The molecule has 0 heterocycles. The number of hydrogen-bond acceptors (Lipinski definition) is 2. The average Bonchev–Trinajstić information content (AvgIpc) is 3.17. The van der Waals surface area contributed by atoms with Crippen LogP contribution < -0.4 is 5.32 Å². The Morgan fingerprint density at radius 2 is 1.95 bits per heavy atom. The van der Waals surface area contributed by atoms with Crippen LogP contribution >= 0.6 is 0 Å². The molecule has 2 aliphatic carbocycles. The van der Waals surface area contributed by atoms with Crippen molar-refractivity contribution in [2.24, 2.45) is 17.8 Å². The van der Waals surface area contributed by atoms with Crippen LogP contribution in [-0.2, 0) is 4.79 Å². The van der Waals surface area contributed by atoms with Crippen molar-refractivity contribution < 1.29 is 9.90 Å². The van der Waals surface area contributed by atoms with Crippen molar-refractivity contribution in [3.8, 4) is 0 Å². The smallest absolute Gasteiger partial charge is 0.223 e. The molecule has 3 rings (SSSR count). The Hall–Kier alpha value is -1.35. The van der Waals surface area contributed by atoms with Gasteiger partial charge >= 0.3 is 0 Å². The Morgan fingerprint density at radius 1 is 1.20 bits per heavy atom. The molecule has 108 valence electrons. The molecule has 1 aromatic rings. The van der Waals surface area contributed by atoms with Crippen molar-refractivity contribution in [3.05, 3.63) is 35.9 Å². The van der Waals surface area contributed by atoms with E-state index < -0.39 is 0 Å². The van der Waals surface area contributed by atoms with Gasteiger partial charge < -0.3 is 10.4 Å². The highest BCUT2D eigenvalue weighted by molar-refractivity contribution is 5.82. The van der Waals surface area contributed by atoms with Gasteiger partial charge in [0.2, 0.25) is 5.91 Å². The summed E-state index contributed by atoms with van der Waals surface area (Å²) in [7, 11) is 0. The Labute approximate surface area is 120 Å². The maximum Gasteiger partial charge on any atom is 0.223 e. The Bertz CT molecular complexity index is 459. The fourth-order valence-electron chi connectivity index (χ4n) is 3.54. The predicted octanol–water partition coefficient (Wildman–Crippen LogP) is 2.31. The maximum absolute atomic E-state index is 12.2. The third-order valence-electron chi connectivity index (χ3n) is 4.94. The van der Waals surface area contributed by atoms with Crippen LogP contribution in [0.15, 0.2) is 30.3 Å². The van der Waals surface area contributed by atoms with Crippen LogP contribution in [0.4, 0.5) is 0 Å². The molecule has 0 saturated heterocycles. The van der Waals surface area contributed by atoms with E-state index in [1.165, 1.54) is 12.0 Å². The lowest BCUT2D eigenvalue weighted by Crippen LogP contribution is -2.32. The highest BCUT2D eigenvalue weighted by atomic mass is 16.3. The highest BCUT2D eigenvalue weighted by Gasteiger charge is 2.43. The summed E-state index contributed by atoms with van der Waals surface area (Å²) in [6.45, 7) is 0.999. The van der Waals surface area contributed by atoms with Gasteiger partial charge in [0.25, 0.3) is 0 Å². The molecule has 2 fully saturated rings. The minimum Gasteiger partial charge on any atom is -0.396 e. The second-order valence-corrected chi connectivity index (χ2v) is 6.24. The second-order valence-electron chi connectivity index (χ2n) is 6.24. The van der Waals surface area contributed by atoms with Crippen molar-refractivity contribution in [3.63, 3.8) is 0 Å². The highest BCUT2D eigenvalue weighted by Crippen LogP contribution is 2.47. The minimum absolute atomic E-state index is 0.159. The molecule has 20 heavy (non-hydrogen) atoms. The third kappa shape index (κ3) is 2.88. The number of rotatable bonds is 5. The van der Waals surface area contributed by atoms with Crippen molar-refractivity contribution in [2.45, 2.75) is 31.6 Å². The average molecular weight is 273 g/mol. The molecule has 3 heteroatoms. The van der Waals surface area contributed by atoms with E-state index >= 15 is 0 Å². The monoisotopic (exact) mass is 273 g/mol. The summed E-state index contributed by atoms with van der Waals surface area (Å²) in [6, 6.07) is 10.3. The van der Waals surface area contributed by atoms with Gasteiger partial charge in [-0.3, -0.25) is 4.79 Å². The number of aliphatic hydroxyl groups is 1. The lowest BCUT2D eigenvalue weighted by atomic mass is 9.97. The molecule has 2 aliphatic rings. The SMILES string of the molecule is O=C(NCC1CCCC1CO)C1CC1c1ccccc1. The minimum atomic E-state index is 0.159. The van der Waals surface area contributed by atoms with E-state index in [-0.39, 0.29) is 18.4 Å². The molecule has 0 aliphatic heterocycles. The molecule has 1 aromatic carbocycles. The molecular formula is C17H23NO2. The van der Waals surface area contributed by atoms with E-state index in [0.29, 0.717) is 17.8 Å². The molecule has 2 saturated carbocycles. The first kappa shape index (κ1) is 13.6. The molecule has 0 bridgehead atoms. The fourth-order valence-corrected chi connectivity index (χ4v) is 3.54. The van der Waals surface area contributed by atoms with E-state index in [4.69, 9.17) is 0 Å². The summed E-state index contributed by atoms with van der Waals surface area (Å²) in [5.74, 6) is 1.62. The molecule has 0 radical (unpaired) electrons. The van der Waals surface area contributed by atoms with Crippen LogP contribution in [-0.4, -0.2) is 24.2 Å². The number of carbonyl (C=O) groups is 1. The Morgan fingerprint density at radius 3 is 2.70 bits per heavy atom. The van der Waals surface area contributed by atoms with Gasteiger partial charge in [-0.2, -0.15) is 0 Å². The lowest BCUT2D eigenvalue weighted by molar-refractivity contribution is -0.122. The summed E-state index contributed by atoms with van der Waals surface area (Å²) < 4.78 is 0. The summed E-state index contributed by atoms with van der Waals surface area (Å²) in [4.78, 5) is 12.2. The quantitative estimate of drug-likeness (QED) is 0.865. The van der Waals surface area contributed by atoms with Gasteiger partial charge in [0, 0.05) is 19.1 Å². The number of aliphatic hydroxyl groups excluding tert-OH is 1. The molecule has 0 aromatic heterocycles. The van der Waals surface area contributed by atoms with Crippen LogP contribution in [0, 0.1) is 17.8 Å². The topological polar surface area (TPSA) is 49.3 Å². The van der Waals surface area contributed by atoms with Crippen LogP contribution in [0.25, 0.3) is 0 Å². The van der Waals surface area contributed by atoms with E-state index in [2.05, 4.69) is 17.4 Å². The number of carbonyl (C=O) groups excluding carboxylic acids is 1. The van der Waals surface area contributed by atoms with Crippen LogP contribution in [0.5, 0.6) is 0 Å². The van der Waals surface area contributed by atoms with Gasteiger partial charge in [-0.15, -0.1) is 0 Å². The van der Waals surface area contributed by atoms with E-state index in [1.54, 1.807) is 0 Å². The second kappa shape index (κ2) is 5.96. The first-order valence-electron chi connectivity index (χ1n) is 7.73. The van der Waals surface area contributed by atoms with Crippen molar-refractivity contribution in [1.82, 2.24) is 5.32 Å². The zero-order chi connectivity index (χ0) is 13.9. The molecule has 1 amide bonds. The van der Waals surface area contributed by atoms with E-state index in [9.17, 15) is 9.90 Å². The van der Waals surface area contributed by atoms with E-state index in [0.717, 1.165) is 25.8 Å². The predicted molar refractivity (Wildman–Crippen MR) is 78.2 cm³/mol. The van der Waals surface area contributed by atoms with Gasteiger partial charge in [-0.25, -0.2) is 0 Å². The Balaban J connectivity index is 1.47. The molecule has 3 nitrogen and oxygen atoms in total. The molecular weight excluding hydrogens is 250 g/mol. The van der Waals surface area contributed by atoms with Crippen LogP contribution in [0.2, 0.25) is 0 Å². The zero-order valence-electron chi connectivity index (χ0n) is 11.8. The summed E-state index contributed by atoms with van der Waals surface area (Å²) in [5.41, 5.74) is 1.28. The van der Waals surface area contributed by atoms with Gasteiger partial charge in [0.1, 0.15) is 0 Å². The summed E-state index contributed by atoms with van der Waals surface area (Å²) >= 11 is 0. The molecule has 4 unspecified atom stereocenters. The van der Waals surface area contributed by atoms with Crippen molar-refractivity contribution >= 4 is 5.91 Å². The fraction of sp³-hybridized carbons (Fsp3) is 0.588. The lowest BCUT2D eigenvalue weighted by Gasteiger charge is -2.17. The van der Waals surface area contributed by atoms with Gasteiger partial charge in [-0.05, 0) is 42.6 Å². The number of amides is 1.